The van der Waals surface area contributed by atoms with Crippen LogP contribution in [0.5, 0.6) is 0 Å². The fraction of sp³-hybridized carbons (Fsp3) is 0.273. The second kappa shape index (κ2) is 4.09. The normalized spacial score (nSPS) is 11.4. The summed E-state index contributed by atoms with van der Waals surface area (Å²) in [5.74, 6) is -0.359. The van der Waals surface area contributed by atoms with E-state index >= 15 is 0 Å². The maximum atomic E-state index is 11.0. The number of rotatable bonds is 2. The maximum Gasteiger partial charge on any atom is 0.330 e. The van der Waals surface area contributed by atoms with Crippen LogP contribution in [0.2, 0.25) is 0 Å². The van der Waals surface area contributed by atoms with Crippen molar-refractivity contribution in [3.63, 3.8) is 0 Å². The van der Waals surface area contributed by atoms with Crippen LogP contribution in [0.25, 0.3) is 11.0 Å². The SMILES string of the molecule is COC(=O)/C=C/c1c(C)nc2scc(C)n12. The Bertz CT molecular complexity index is 566. The molecule has 0 aromatic carbocycles. The zero-order valence-corrected chi connectivity index (χ0v) is 10.2. The van der Waals surface area contributed by atoms with Gasteiger partial charge in [-0.15, -0.1) is 11.3 Å². The van der Waals surface area contributed by atoms with Crippen LogP contribution in [-0.4, -0.2) is 22.5 Å². The van der Waals surface area contributed by atoms with Gasteiger partial charge in [-0.05, 0) is 19.9 Å². The predicted octanol–water partition coefficient (Wildman–Crippen LogP) is 2.20. The van der Waals surface area contributed by atoms with Gasteiger partial charge in [0, 0.05) is 17.2 Å². The summed E-state index contributed by atoms with van der Waals surface area (Å²) in [7, 11) is 1.36. The summed E-state index contributed by atoms with van der Waals surface area (Å²) >= 11 is 1.59. The molecule has 0 N–H and O–H groups in total. The third-order valence-electron chi connectivity index (χ3n) is 2.33. The number of aromatic nitrogens is 2. The van der Waals surface area contributed by atoms with Crippen molar-refractivity contribution in [3.8, 4) is 0 Å². The molecule has 0 saturated heterocycles. The average Bonchev–Trinajstić information content (AvgIpc) is 2.76. The van der Waals surface area contributed by atoms with Gasteiger partial charge < -0.3 is 4.74 Å². The van der Waals surface area contributed by atoms with Crippen molar-refractivity contribution < 1.29 is 9.53 Å². The minimum Gasteiger partial charge on any atom is -0.466 e. The number of fused-ring (bicyclic) bond motifs is 1. The lowest BCUT2D eigenvalue weighted by atomic mass is 10.3. The third kappa shape index (κ3) is 1.74. The first-order valence-corrected chi connectivity index (χ1v) is 5.70. The van der Waals surface area contributed by atoms with E-state index in [0.717, 1.165) is 22.0 Å². The van der Waals surface area contributed by atoms with Crippen LogP contribution < -0.4 is 0 Å². The minimum absolute atomic E-state index is 0.359. The second-order valence-corrected chi connectivity index (χ2v) is 4.27. The van der Waals surface area contributed by atoms with E-state index in [-0.39, 0.29) is 5.97 Å². The first-order valence-electron chi connectivity index (χ1n) is 4.82. The van der Waals surface area contributed by atoms with Gasteiger partial charge in [0.25, 0.3) is 0 Å². The molecule has 4 nitrogen and oxygen atoms in total. The number of aryl methyl sites for hydroxylation is 2. The largest absolute Gasteiger partial charge is 0.466 e. The van der Waals surface area contributed by atoms with E-state index in [1.807, 2.05) is 23.6 Å². The van der Waals surface area contributed by atoms with Crippen molar-refractivity contribution in [1.82, 2.24) is 9.38 Å². The van der Waals surface area contributed by atoms with Gasteiger partial charge in [0.2, 0.25) is 0 Å². The Morgan fingerprint density at radius 2 is 2.31 bits per heavy atom. The number of hydrogen-bond acceptors (Lipinski definition) is 4. The van der Waals surface area contributed by atoms with E-state index in [9.17, 15) is 4.79 Å². The summed E-state index contributed by atoms with van der Waals surface area (Å²) in [6.07, 6.45) is 3.15. The highest BCUT2D eigenvalue weighted by atomic mass is 32.1. The molecule has 0 aliphatic heterocycles. The first kappa shape index (κ1) is 10.9. The lowest BCUT2D eigenvalue weighted by molar-refractivity contribution is -0.134. The predicted molar refractivity (Wildman–Crippen MR) is 63.6 cm³/mol. The molecule has 0 atom stereocenters. The summed E-state index contributed by atoms with van der Waals surface area (Å²) < 4.78 is 6.59. The molecule has 0 aliphatic carbocycles. The van der Waals surface area contributed by atoms with E-state index in [0.29, 0.717) is 0 Å². The lowest BCUT2D eigenvalue weighted by Gasteiger charge is -1.96. The monoisotopic (exact) mass is 236 g/mol. The molecule has 16 heavy (non-hydrogen) atoms. The fourth-order valence-electron chi connectivity index (χ4n) is 1.54. The molecule has 2 heterocycles. The van der Waals surface area contributed by atoms with Crippen molar-refractivity contribution in [2.45, 2.75) is 13.8 Å². The van der Waals surface area contributed by atoms with Crippen LogP contribution in [0.1, 0.15) is 17.1 Å². The maximum absolute atomic E-state index is 11.0. The van der Waals surface area contributed by atoms with Gasteiger partial charge in [-0.1, -0.05) is 0 Å². The topological polar surface area (TPSA) is 43.6 Å². The standard InChI is InChI=1S/C11H12N2O2S/c1-7-6-16-11-12-8(2)9(13(7)11)4-5-10(14)15-3/h4-6H,1-3H3/b5-4+. The molecule has 0 unspecified atom stereocenters. The molecule has 0 fully saturated rings. The van der Waals surface area contributed by atoms with Crippen molar-refractivity contribution in [1.29, 1.82) is 0 Å². The number of thiazole rings is 1. The van der Waals surface area contributed by atoms with E-state index in [1.54, 1.807) is 17.4 Å². The van der Waals surface area contributed by atoms with Crippen molar-refractivity contribution >= 4 is 28.3 Å². The Morgan fingerprint density at radius 3 is 3.00 bits per heavy atom. The Hall–Kier alpha value is -1.62. The van der Waals surface area contributed by atoms with Gasteiger partial charge in [0.15, 0.2) is 4.96 Å². The number of esters is 1. The summed E-state index contributed by atoms with van der Waals surface area (Å²) in [6.45, 7) is 3.94. The Morgan fingerprint density at radius 1 is 1.56 bits per heavy atom. The molecule has 2 aromatic heterocycles. The first-order chi connectivity index (χ1) is 7.63. The van der Waals surface area contributed by atoms with Crippen LogP contribution >= 0.6 is 11.3 Å². The Balaban J connectivity index is 2.50. The smallest absolute Gasteiger partial charge is 0.330 e. The molecule has 0 spiro atoms. The van der Waals surface area contributed by atoms with Gasteiger partial charge in [-0.3, -0.25) is 4.40 Å². The van der Waals surface area contributed by atoms with Crippen molar-refractivity contribution in [2.75, 3.05) is 7.11 Å². The average molecular weight is 236 g/mol. The molecule has 0 radical (unpaired) electrons. The van der Waals surface area contributed by atoms with Crippen molar-refractivity contribution in [2.24, 2.45) is 0 Å². The Kier molecular flexibility index (Phi) is 2.78. The fourth-order valence-corrected chi connectivity index (χ4v) is 2.46. The summed E-state index contributed by atoms with van der Waals surface area (Å²) in [4.78, 5) is 16.4. The minimum atomic E-state index is -0.359. The number of ether oxygens (including phenoxy) is 1. The highest BCUT2D eigenvalue weighted by molar-refractivity contribution is 7.15. The Labute approximate surface area is 97.2 Å². The second-order valence-electron chi connectivity index (χ2n) is 3.43. The molecule has 5 heteroatoms. The summed E-state index contributed by atoms with van der Waals surface area (Å²) in [6, 6.07) is 0. The highest BCUT2D eigenvalue weighted by Crippen LogP contribution is 2.21. The van der Waals surface area contributed by atoms with E-state index in [4.69, 9.17) is 0 Å². The quantitative estimate of drug-likeness (QED) is 0.593. The molecule has 0 saturated carbocycles. The van der Waals surface area contributed by atoms with Gasteiger partial charge in [-0.25, -0.2) is 9.78 Å². The number of hydrogen-bond donors (Lipinski definition) is 0. The molecule has 0 aliphatic rings. The van der Waals surface area contributed by atoms with Gasteiger partial charge in [0.1, 0.15) is 0 Å². The van der Waals surface area contributed by atoms with E-state index in [1.165, 1.54) is 13.2 Å². The number of carbonyl (C=O) groups is 1. The van der Waals surface area contributed by atoms with Crippen LogP contribution in [0.3, 0.4) is 0 Å². The number of carbonyl (C=O) groups excluding carboxylic acids is 1. The number of nitrogens with zero attached hydrogens (tertiary/aromatic N) is 2. The molecule has 2 aromatic rings. The zero-order chi connectivity index (χ0) is 11.7. The summed E-state index contributed by atoms with van der Waals surface area (Å²) in [5, 5.41) is 2.04. The van der Waals surface area contributed by atoms with E-state index < -0.39 is 0 Å². The number of imidazole rings is 1. The third-order valence-corrected chi connectivity index (χ3v) is 3.28. The highest BCUT2D eigenvalue weighted by Gasteiger charge is 2.09. The summed E-state index contributed by atoms with van der Waals surface area (Å²) in [5.41, 5.74) is 2.96. The molecular weight excluding hydrogens is 224 g/mol. The van der Waals surface area contributed by atoms with Crippen LogP contribution in [0.4, 0.5) is 0 Å². The lowest BCUT2D eigenvalue weighted by Crippen LogP contribution is -1.95. The molecule has 0 bridgehead atoms. The molecule has 0 amide bonds. The van der Waals surface area contributed by atoms with Crippen LogP contribution in [0, 0.1) is 13.8 Å². The molecular formula is C11H12N2O2S. The van der Waals surface area contributed by atoms with Crippen LogP contribution in [-0.2, 0) is 9.53 Å². The molecule has 84 valence electrons. The van der Waals surface area contributed by atoms with Crippen molar-refractivity contribution in [3.05, 3.63) is 28.5 Å². The zero-order valence-electron chi connectivity index (χ0n) is 9.35. The molecule has 2 rings (SSSR count). The van der Waals surface area contributed by atoms with Gasteiger partial charge in [-0.2, -0.15) is 0 Å². The van der Waals surface area contributed by atoms with Crippen LogP contribution in [0.15, 0.2) is 11.5 Å². The number of methoxy groups -OCH3 is 1. The van der Waals surface area contributed by atoms with Gasteiger partial charge >= 0.3 is 5.97 Å². The van der Waals surface area contributed by atoms with E-state index in [2.05, 4.69) is 9.72 Å². The van der Waals surface area contributed by atoms with Gasteiger partial charge in [0.05, 0.1) is 18.5 Å².